The van der Waals surface area contributed by atoms with E-state index in [9.17, 15) is 4.39 Å². The maximum absolute atomic E-state index is 13.4. The Morgan fingerprint density at radius 3 is 2.73 bits per heavy atom. The summed E-state index contributed by atoms with van der Waals surface area (Å²) in [4.78, 5) is 2.04. The minimum atomic E-state index is -0.346. The number of benzene rings is 1. The summed E-state index contributed by atoms with van der Waals surface area (Å²) in [5, 5.41) is 9.13. The van der Waals surface area contributed by atoms with Crippen LogP contribution in [0.2, 0.25) is 0 Å². The monoisotopic (exact) mass is 211 g/mol. The van der Waals surface area contributed by atoms with E-state index in [1.54, 1.807) is 6.07 Å². The Morgan fingerprint density at radius 2 is 2.07 bits per heavy atom. The molecule has 1 aromatic rings. The summed E-state index contributed by atoms with van der Waals surface area (Å²) in [5.41, 5.74) is 1.15. The molecular formula is C11H14FNO2. The van der Waals surface area contributed by atoms with Gasteiger partial charge in [-0.3, -0.25) is 0 Å². The SMILES string of the molecule is OCc1c(F)cccc1N1CCOCC1. The van der Waals surface area contributed by atoms with Crippen LogP contribution >= 0.6 is 0 Å². The van der Waals surface area contributed by atoms with Gasteiger partial charge in [-0.25, -0.2) is 4.39 Å². The molecule has 1 N–H and O–H groups in total. The van der Waals surface area contributed by atoms with E-state index in [1.165, 1.54) is 6.07 Å². The van der Waals surface area contributed by atoms with Crippen molar-refractivity contribution in [3.8, 4) is 0 Å². The van der Waals surface area contributed by atoms with Gasteiger partial charge in [-0.1, -0.05) is 6.07 Å². The van der Waals surface area contributed by atoms with E-state index in [2.05, 4.69) is 0 Å². The number of nitrogens with zero attached hydrogens (tertiary/aromatic N) is 1. The molecule has 0 aliphatic carbocycles. The molecule has 1 aromatic carbocycles. The maximum Gasteiger partial charge on any atom is 0.130 e. The predicted molar refractivity (Wildman–Crippen MR) is 55.4 cm³/mol. The van der Waals surface area contributed by atoms with Crippen molar-refractivity contribution in [2.75, 3.05) is 31.2 Å². The van der Waals surface area contributed by atoms with Gasteiger partial charge in [0.05, 0.1) is 19.8 Å². The van der Waals surface area contributed by atoms with Crippen LogP contribution in [0.5, 0.6) is 0 Å². The normalized spacial score (nSPS) is 16.8. The number of halogens is 1. The van der Waals surface area contributed by atoms with Crippen molar-refractivity contribution >= 4 is 5.69 Å². The maximum atomic E-state index is 13.4. The minimum Gasteiger partial charge on any atom is -0.391 e. The van der Waals surface area contributed by atoms with Crippen LogP contribution in [0.25, 0.3) is 0 Å². The second-order valence-corrected chi connectivity index (χ2v) is 3.50. The molecule has 2 rings (SSSR count). The summed E-state index contributed by atoms with van der Waals surface area (Å²) in [6, 6.07) is 4.87. The lowest BCUT2D eigenvalue weighted by molar-refractivity contribution is 0.122. The van der Waals surface area contributed by atoms with Crippen molar-refractivity contribution in [1.29, 1.82) is 0 Å². The van der Waals surface area contributed by atoms with Crippen LogP contribution in [-0.4, -0.2) is 31.4 Å². The summed E-state index contributed by atoms with van der Waals surface area (Å²) in [6.07, 6.45) is 0. The highest BCUT2D eigenvalue weighted by Gasteiger charge is 2.16. The first-order valence-electron chi connectivity index (χ1n) is 5.04. The van der Waals surface area contributed by atoms with Gasteiger partial charge >= 0.3 is 0 Å². The molecule has 1 aliphatic rings. The third-order valence-corrected chi connectivity index (χ3v) is 2.60. The van der Waals surface area contributed by atoms with E-state index in [0.29, 0.717) is 18.8 Å². The Bertz CT molecular complexity index is 337. The van der Waals surface area contributed by atoms with Gasteiger partial charge in [-0.2, -0.15) is 0 Å². The van der Waals surface area contributed by atoms with Crippen molar-refractivity contribution in [3.63, 3.8) is 0 Å². The van der Waals surface area contributed by atoms with Crippen molar-refractivity contribution in [2.24, 2.45) is 0 Å². The van der Waals surface area contributed by atoms with Crippen molar-refractivity contribution in [3.05, 3.63) is 29.6 Å². The van der Waals surface area contributed by atoms with Crippen LogP contribution in [-0.2, 0) is 11.3 Å². The van der Waals surface area contributed by atoms with E-state index in [0.717, 1.165) is 18.8 Å². The number of ether oxygens (including phenoxy) is 1. The van der Waals surface area contributed by atoms with Gasteiger partial charge in [0, 0.05) is 24.3 Å². The van der Waals surface area contributed by atoms with E-state index < -0.39 is 0 Å². The first-order chi connectivity index (χ1) is 7.33. The van der Waals surface area contributed by atoms with Crippen LogP contribution in [0.3, 0.4) is 0 Å². The van der Waals surface area contributed by atoms with Gasteiger partial charge in [0.1, 0.15) is 5.82 Å². The van der Waals surface area contributed by atoms with Crippen molar-refractivity contribution in [1.82, 2.24) is 0 Å². The van der Waals surface area contributed by atoms with Crippen LogP contribution in [0.1, 0.15) is 5.56 Å². The number of morpholine rings is 1. The first-order valence-corrected chi connectivity index (χ1v) is 5.04. The number of hydrogen-bond acceptors (Lipinski definition) is 3. The molecule has 0 amide bonds. The fourth-order valence-electron chi connectivity index (χ4n) is 1.80. The van der Waals surface area contributed by atoms with Crippen molar-refractivity contribution < 1.29 is 14.2 Å². The average molecular weight is 211 g/mol. The quantitative estimate of drug-likeness (QED) is 0.796. The summed E-state index contributed by atoms with van der Waals surface area (Å²) in [5.74, 6) is -0.346. The fourth-order valence-corrected chi connectivity index (χ4v) is 1.80. The second kappa shape index (κ2) is 4.59. The Morgan fingerprint density at radius 1 is 1.33 bits per heavy atom. The number of hydrogen-bond donors (Lipinski definition) is 1. The van der Waals surface area contributed by atoms with Gasteiger partial charge in [-0.05, 0) is 12.1 Å². The number of aliphatic hydroxyl groups is 1. The molecule has 82 valence electrons. The standard InChI is InChI=1S/C11H14FNO2/c12-10-2-1-3-11(9(10)8-14)13-4-6-15-7-5-13/h1-3,14H,4-8H2. The van der Waals surface area contributed by atoms with Crippen LogP contribution in [0.15, 0.2) is 18.2 Å². The third-order valence-electron chi connectivity index (χ3n) is 2.60. The van der Waals surface area contributed by atoms with E-state index in [-0.39, 0.29) is 12.4 Å². The molecule has 1 heterocycles. The first kappa shape index (κ1) is 10.4. The van der Waals surface area contributed by atoms with E-state index >= 15 is 0 Å². The summed E-state index contributed by atoms with van der Waals surface area (Å²) >= 11 is 0. The Labute approximate surface area is 88.1 Å². The molecule has 1 fully saturated rings. The third kappa shape index (κ3) is 2.11. The topological polar surface area (TPSA) is 32.7 Å². The predicted octanol–water partition coefficient (Wildman–Crippen LogP) is 1.15. The molecule has 4 heteroatoms. The molecule has 1 saturated heterocycles. The molecule has 0 radical (unpaired) electrons. The van der Waals surface area contributed by atoms with Crippen LogP contribution in [0, 0.1) is 5.82 Å². The zero-order chi connectivity index (χ0) is 10.7. The average Bonchev–Trinajstić information content (AvgIpc) is 2.30. The molecule has 3 nitrogen and oxygen atoms in total. The summed E-state index contributed by atoms with van der Waals surface area (Å²) in [6.45, 7) is 2.54. The summed E-state index contributed by atoms with van der Waals surface area (Å²) in [7, 11) is 0. The molecule has 1 aliphatic heterocycles. The molecule has 15 heavy (non-hydrogen) atoms. The van der Waals surface area contributed by atoms with Gasteiger partial charge in [0.25, 0.3) is 0 Å². The Hall–Kier alpha value is -1.13. The molecule has 0 saturated carbocycles. The molecule has 0 spiro atoms. The number of anilines is 1. The highest BCUT2D eigenvalue weighted by atomic mass is 19.1. The van der Waals surface area contributed by atoms with Gasteiger partial charge in [0.2, 0.25) is 0 Å². The second-order valence-electron chi connectivity index (χ2n) is 3.50. The van der Waals surface area contributed by atoms with Crippen LogP contribution < -0.4 is 4.90 Å². The smallest absolute Gasteiger partial charge is 0.130 e. The highest BCUT2D eigenvalue weighted by molar-refractivity contribution is 5.54. The van der Waals surface area contributed by atoms with Gasteiger partial charge < -0.3 is 14.7 Å². The number of aliphatic hydroxyl groups excluding tert-OH is 1. The molecule has 0 aromatic heterocycles. The fraction of sp³-hybridized carbons (Fsp3) is 0.455. The molecular weight excluding hydrogens is 197 g/mol. The lowest BCUT2D eigenvalue weighted by atomic mass is 10.1. The minimum absolute atomic E-state index is 0.265. The Balaban J connectivity index is 2.29. The van der Waals surface area contributed by atoms with Crippen molar-refractivity contribution in [2.45, 2.75) is 6.61 Å². The van der Waals surface area contributed by atoms with E-state index in [4.69, 9.17) is 9.84 Å². The highest BCUT2D eigenvalue weighted by Crippen LogP contribution is 2.23. The molecule has 0 atom stereocenters. The van der Waals surface area contributed by atoms with Gasteiger partial charge in [0.15, 0.2) is 0 Å². The van der Waals surface area contributed by atoms with Gasteiger partial charge in [-0.15, -0.1) is 0 Å². The lowest BCUT2D eigenvalue weighted by Gasteiger charge is -2.30. The lowest BCUT2D eigenvalue weighted by Crippen LogP contribution is -2.36. The molecule has 0 unspecified atom stereocenters. The zero-order valence-electron chi connectivity index (χ0n) is 8.45. The number of rotatable bonds is 2. The van der Waals surface area contributed by atoms with Crippen LogP contribution in [0.4, 0.5) is 10.1 Å². The zero-order valence-corrected chi connectivity index (χ0v) is 8.45. The largest absolute Gasteiger partial charge is 0.391 e. The Kier molecular flexibility index (Phi) is 3.18. The summed E-state index contributed by atoms with van der Waals surface area (Å²) < 4.78 is 18.6. The van der Waals surface area contributed by atoms with E-state index in [1.807, 2.05) is 11.0 Å². The molecule has 0 bridgehead atoms.